The van der Waals surface area contributed by atoms with Crippen LogP contribution in [0.5, 0.6) is 0 Å². The summed E-state index contributed by atoms with van der Waals surface area (Å²) in [6.45, 7) is 0.969. The van der Waals surface area contributed by atoms with Gasteiger partial charge in [-0.05, 0) is 80.3 Å². The third-order valence-corrected chi connectivity index (χ3v) is 11.6. The molecule has 2 aliphatic rings. The van der Waals surface area contributed by atoms with Gasteiger partial charge < -0.3 is 0 Å². The van der Waals surface area contributed by atoms with Gasteiger partial charge in [0.05, 0.1) is 15.5 Å². The Kier molecular flexibility index (Phi) is 8.65. The minimum absolute atomic E-state index is 0.0335. The molecule has 1 aliphatic carbocycles. The van der Waals surface area contributed by atoms with Crippen molar-refractivity contribution in [2.24, 2.45) is 5.92 Å². The molecule has 2 heterocycles. The lowest BCUT2D eigenvalue weighted by atomic mass is 10.2. The molecule has 2 fully saturated rings. The molecule has 0 atom stereocenters. The second-order valence-electron chi connectivity index (χ2n) is 9.97. The molecule has 0 radical (unpaired) electrons. The first kappa shape index (κ1) is 30.8. The van der Waals surface area contributed by atoms with Crippen molar-refractivity contribution in [3.63, 3.8) is 0 Å². The van der Waals surface area contributed by atoms with Crippen LogP contribution in [0.25, 0.3) is 0 Å². The van der Waals surface area contributed by atoms with Gasteiger partial charge in [0, 0.05) is 28.8 Å². The van der Waals surface area contributed by atoms with Gasteiger partial charge in [-0.3, -0.25) is 9.52 Å². The van der Waals surface area contributed by atoms with Crippen LogP contribution in [0.2, 0.25) is 5.02 Å². The summed E-state index contributed by atoms with van der Waals surface area (Å²) in [5, 5.41) is -0.621. The fourth-order valence-corrected chi connectivity index (χ4v) is 8.42. The molecule has 1 saturated carbocycles. The first-order valence-corrected chi connectivity index (χ1v) is 17.1. The van der Waals surface area contributed by atoms with Crippen LogP contribution in [0.3, 0.4) is 0 Å². The zero-order valence-electron chi connectivity index (χ0n) is 21.9. The summed E-state index contributed by atoms with van der Waals surface area (Å²) in [6, 6.07) is 11.0. The highest BCUT2D eigenvalue weighted by atomic mass is 35.5. The fourth-order valence-electron chi connectivity index (χ4n) is 4.45. The Bertz CT molecular complexity index is 1720. The quantitative estimate of drug-likeness (QED) is 0.262. The monoisotopic (exact) mass is 659 g/mol. The van der Waals surface area contributed by atoms with Gasteiger partial charge in [0.25, 0.3) is 10.0 Å². The Balaban J connectivity index is 1.39. The van der Waals surface area contributed by atoms with Crippen LogP contribution in [-0.4, -0.2) is 45.0 Å². The van der Waals surface area contributed by atoms with E-state index in [4.69, 9.17) is 11.6 Å². The van der Waals surface area contributed by atoms with E-state index >= 15 is 0 Å². The molecule has 224 valence electrons. The molecule has 1 saturated heterocycles. The number of piperidine rings is 1. The Labute approximate surface area is 250 Å². The van der Waals surface area contributed by atoms with E-state index in [1.165, 1.54) is 40.3 Å². The molecule has 2 aromatic carbocycles. The Morgan fingerprint density at radius 1 is 0.952 bits per heavy atom. The number of carbonyl (C=O) groups is 1. The largest absolute Gasteiger partial charge is 0.416 e. The number of hydrogen-bond donors (Lipinski definition) is 1. The summed E-state index contributed by atoms with van der Waals surface area (Å²) in [4.78, 5) is 18.0. The number of rotatable bonds is 9. The number of sulfonamides is 2. The maximum absolute atomic E-state index is 13.1. The van der Waals surface area contributed by atoms with Crippen molar-refractivity contribution in [3.05, 3.63) is 70.9 Å². The standard InChI is InChI=1S/C27H25ClF3N3O5S3/c28-21-16-18(27(29,30)31)6-12-23(21)41(36,37)33-24-13-11-22(25(32-24)26(35)17-4-5-17)40-19-7-9-20(10-8-19)42(38,39)34-14-2-1-3-15-34/h6-13,16-17H,1-5,14-15H2,(H,32,33). The van der Waals surface area contributed by atoms with E-state index in [0.29, 0.717) is 47.9 Å². The summed E-state index contributed by atoms with van der Waals surface area (Å²) in [7, 11) is -8.05. The van der Waals surface area contributed by atoms with E-state index < -0.39 is 41.7 Å². The molecule has 3 aromatic rings. The number of nitrogens with one attached hydrogen (secondary N) is 1. The molecule has 15 heteroatoms. The molecule has 1 aromatic heterocycles. The van der Waals surface area contributed by atoms with Crippen molar-refractivity contribution in [1.82, 2.24) is 9.29 Å². The van der Waals surface area contributed by atoms with E-state index in [0.717, 1.165) is 25.3 Å². The maximum atomic E-state index is 13.1. The third kappa shape index (κ3) is 6.77. The molecule has 42 heavy (non-hydrogen) atoms. The Morgan fingerprint density at radius 2 is 1.62 bits per heavy atom. The first-order chi connectivity index (χ1) is 19.8. The van der Waals surface area contributed by atoms with Crippen LogP contribution in [-0.2, 0) is 26.2 Å². The van der Waals surface area contributed by atoms with Gasteiger partial charge in [-0.2, -0.15) is 17.5 Å². The maximum Gasteiger partial charge on any atom is 0.416 e. The summed E-state index contributed by atoms with van der Waals surface area (Å²) in [5.74, 6) is -0.720. The lowest BCUT2D eigenvalue weighted by Gasteiger charge is -2.25. The molecular weight excluding hydrogens is 635 g/mol. The van der Waals surface area contributed by atoms with Crippen molar-refractivity contribution in [3.8, 4) is 0 Å². The number of alkyl halides is 3. The molecular formula is C27H25ClF3N3O5S3. The number of carbonyl (C=O) groups excluding carboxylic acids is 1. The number of aromatic nitrogens is 1. The first-order valence-electron chi connectivity index (χ1n) is 13.0. The second kappa shape index (κ2) is 11.8. The number of hydrogen-bond acceptors (Lipinski definition) is 7. The van der Waals surface area contributed by atoms with E-state index in [1.807, 2.05) is 0 Å². The number of halogens is 4. The van der Waals surface area contributed by atoms with Crippen molar-refractivity contribution in [2.45, 2.75) is 57.9 Å². The van der Waals surface area contributed by atoms with E-state index in [-0.39, 0.29) is 28.1 Å². The van der Waals surface area contributed by atoms with Crippen LogP contribution in [0.4, 0.5) is 19.0 Å². The van der Waals surface area contributed by atoms with Crippen molar-refractivity contribution in [2.75, 3.05) is 17.8 Å². The van der Waals surface area contributed by atoms with Gasteiger partial charge in [-0.15, -0.1) is 0 Å². The van der Waals surface area contributed by atoms with Crippen LogP contribution in [0.1, 0.15) is 48.2 Å². The van der Waals surface area contributed by atoms with Crippen molar-refractivity contribution in [1.29, 1.82) is 0 Å². The molecule has 8 nitrogen and oxygen atoms in total. The van der Waals surface area contributed by atoms with Crippen LogP contribution < -0.4 is 4.72 Å². The van der Waals surface area contributed by atoms with Gasteiger partial charge in [0.15, 0.2) is 5.78 Å². The minimum atomic E-state index is -4.70. The molecule has 5 rings (SSSR count). The lowest BCUT2D eigenvalue weighted by Crippen LogP contribution is -2.35. The second-order valence-corrected chi connectivity index (χ2v) is 15.1. The smallest absolute Gasteiger partial charge is 0.292 e. The van der Waals surface area contributed by atoms with Gasteiger partial charge in [-0.25, -0.2) is 21.8 Å². The molecule has 0 unspecified atom stereocenters. The fraction of sp³-hybridized carbons (Fsp3) is 0.333. The summed E-state index contributed by atoms with van der Waals surface area (Å²) in [5.41, 5.74) is -1.06. The number of benzene rings is 2. The van der Waals surface area contributed by atoms with E-state index in [2.05, 4.69) is 9.71 Å². The van der Waals surface area contributed by atoms with E-state index in [9.17, 15) is 34.8 Å². The van der Waals surface area contributed by atoms with Crippen LogP contribution >= 0.6 is 23.4 Å². The van der Waals surface area contributed by atoms with E-state index in [1.54, 1.807) is 12.1 Å². The molecule has 0 spiro atoms. The Morgan fingerprint density at radius 3 is 2.21 bits per heavy atom. The molecule has 1 aliphatic heterocycles. The van der Waals surface area contributed by atoms with Crippen LogP contribution in [0, 0.1) is 5.92 Å². The predicted octanol–water partition coefficient (Wildman–Crippen LogP) is 6.47. The summed E-state index contributed by atoms with van der Waals surface area (Å²) in [6.07, 6.45) is -0.715. The van der Waals surface area contributed by atoms with Gasteiger partial charge in [-0.1, -0.05) is 29.8 Å². The molecule has 0 bridgehead atoms. The SMILES string of the molecule is O=C(c1nc(NS(=O)(=O)c2ccc(C(F)(F)F)cc2Cl)ccc1Sc1ccc(S(=O)(=O)N2CCCCC2)cc1)C1CC1. The number of anilines is 1. The highest BCUT2D eigenvalue weighted by Gasteiger charge is 2.34. The minimum Gasteiger partial charge on any atom is -0.292 e. The molecule has 1 N–H and O–H groups in total. The van der Waals surface area contributed by atoms with Crippen LogP contribution in [0.15, 0.2) is 74.2 Å². The number of ketones is 1. The van der Waals surface area contributed by atoms with Crippen molar-refractivity contribution >= 4 is 55.0 Å². The average Bonchev–Trinajstić information content (AvgIpc) is 3.79. The zero-order chi connectivity index (χ0) is 30.3. The average molecular weight is 660 g/mol. The van der Waals surface area contributed by atoms with Gasteiger partial charge >= 0.3 is 6.18 Å². The number of pyridine rings is 1. The van der Waals surface area contributed by atoms with Crippen molar-refractivity contribution < 1.29 is 34.8 Å². The van der Waals surface area contributed by atoms with Gasteiger partial charge in [0.1, 0.15) is 16.4 Å². The summed E-state index contributed by atoms with van der Waals surface area (Å²) < 4.78 is 94.5. The highest BCUT2D eigenvalue weighted by molar-refractivity contribution is 7.99. The number of Topliss-reactive ketones (excluding diaryl/α,β-unsaturated/α-hetero) is 1. The topological polar surface area (TPSA) is 114 Å². The number of nitrogens with zero attached hydrogens (tertiary/aromatic N) is 2. The normalized spacial score (nSPS) is 16.8. The Hall–Kier alpha value is -2.65. The lowest BCUT2D eigenvalue weighted by molar-refractivity contribution is -0.137. The zero-order valence-corrected chi connectivity index (χ0v) is 25.1. The third-order valence-electron chi connectivity index (χ3n) is 6.83. The summed E-state index contributed by atoms with van der Waals surface area (Å²) >= 11 is 7.05. The van der Waals surface area contributed by atoms with Gasteiger partial charge in [0.2, 0.25) is 10.0 Å². The highest BCUT2D eigenvalue weighted by Crippen LogP contribution is 2.38. The predicted molar refractivity (Wildman–Crippen MR) is 152 cm³/mol. The molecule has 0 amide bonds.